The van der Waals surface area contributed by atoms with E-state index < -0.39 is 0 Å². The van der Waals surface area contributed by atoms with Gasteiger partial charge in [-0.2, -0.15) is 0 Å². The molecule has 0 N–H and O–H groups in total. The average molecular weight is 396 g/mol. The summed E-state index contributed by atoms with van der Waals surface area (Å²) in [6.07, 6.45) is 1.60. The second-order valence-electron chi connectivity index (χ2n) is 6.31. The second kappa shape index (κ2) is 7.90. The van der Waals surface area contributed by atoms with Crippen LogP contribution in [0.3, 0.4) is 0 Å². The minimum Gasteiger partial charge on any atom is -0.496 e. The number of rotatable bonds is 4. The number of thiazole rings is 1. The van der Waals surface area contributed by atoms with Crippen molar-refractivity contribution in [2.45, 2.75) is 6.54 Å². The minimum atomic E-state index is -0.0411. The number of hydrogen-bond donors (Lipinski definition) is 0. The van der Waals surface area contributed by atoms with Gasteiger partial charge in [0.25, 0.3) is 5.91 Å². The number of carbonyl (C=O) groups excluding carboxylic acids is 1. The number of hydrogen-bond acceptors (Lipinski definition) is 6. The van der Waals surface area contributed by atoms with Gasteiger partial charge in [-0.25, -0.2) is 0 Å². The molecule has 7 heteroatoms. The number of carbonyl (C=O) groups is 1. The number of amides is 1. The Morgan fingerprint density at radius 1 is 1.18 bits per heavy atom. The first-order valence-corrected chi connectivity index (χ1v) is 9.74. The van der Waals surface area contributed by atoms with Crippen molar-refractivity contribution < 1.29 is 19.0 Å². The fourth-order valence-electron chi connectivity index (χ4n) is 3.32. The van der Waals surface area contributed by atoms with E-state index in [2.05, 4.69) is 4.98 Å². The predicted octanol–water partition coefficient (Wildman–Crippen LogP) is 3.86. The minimum absolute atomic E-state index is 0.0411. The van der Waals surface area contributed by atoms with Crippen molar-refractivity contribution in [2.75, 3.05) is 27.4 Å². The lowest BCUT2D eigenvalue weighted by atomic mass is 10.0. The van der Waals surface area contributed by atoms with Gasteiger partial charge in [0, 0.05) is 17.7 Å². The maximum atomic E-state index is 12.8. The van der Waals surface area contributed by atoms with Crippen LogP contribution in [0.15, 0.2) is 48.1 Å². The maximum absolute atomic E-state index is 12.8. The zero-order valence-corrected chi connectivity index (χ0v) is 16.5. The molecule has 4 rings (SSSR count). The fourth-order valence-corrected chi connectivity index (χ4v) is 3.91. The van der Waals surface area contributed by atoms with Crippen LogP contribution in [0.5, 0.6) is 17.2 Å². The number of nitrogens with zero attached hydrogens (tertiary/aromatic N) is 2. The highest BCUT2D eigenvalue weighted by atomic mass is 32.1. The molecular formula is C21H20N2O4S. The molecule has 0 bridgehead atoms. The van der Waals surface area contributed by atoms with E-state index in [1.807, 2.05) is 36.4 Å². The first kappa shape index (κ1) is 18.3. The fraction of sp³-hybridized carbons (Fsp3) is 0.238. The van der Waals surface area contributed by atoms with E-state index in [4.69, 9.17) is 14.2 Å². The van der Waals surface area contributed by atoms with Crippen molar-refractivity contribution in [3.05, 3.63) is 58.5 Å². The molecule has 3 aromatic rings. The van der Waals surface area contributed by atoms with Crippen LogP contribution in [0.4, 0.5) is 0 Å². The Balaban J connectivity index is 1.76. The molecule has 144 valence electrons. The van der Waals surface area contributed by atoms with Gasteiger partial charge in [0.15, 0.2) is 11.5 Å². The van der Waals surface area contributed by atoms with Crippen molar-refractivity contribution in [1.29, 1.82) is 0 Å². The van der Waals surface area contributed by atoms with Crippen molar-refractivity contribution in [3.8, 4) is 28.4 Å². The molecule has 28 heavy (non-hydrogen) atoms. The SMILES string of the molecule is COc1ccccc1-c1cc2c(c(OC)c1)OCCN(C(=O)c1cncs1)C2. The summed E-state index contributed by atoms with van der Waals surface area (Å²) in [7, 11) is 3.27. The summed E-state index contributed by atoms with van der Waals surface area (Å²) >= 11 is 1.34. The van der Waals surface area contributed by atoms with Gasteiger partial charge in [-0.15, -0.1) is 11.3 Å². The summed E-state index contributed by atoms with van der Waals surface area (Å²) in [6, 6.07) is 11.8. The van der Waals surface area contributed by atoms with Crippen molar-refractivity contribution >= 4 is 17.2 Å². The van der Waals surface area contributed by atoms with Crippen LogP contribution in [0.1, 0.15) is 15.2 Å². The van der Waals surface area contributed by atoms with Gasteiger partial charge in [-0.05, 0) is 23.8 Å². The Bertz CT molecular complexity index is 988. The van der Waals surface area contributed by atoms with Gasteiger partial charge in [0.1, 0.15) is 17.2 Å². The van der Waals surface area contributed by atoms with Crippen LogP contribution in [0.25, 0.3) is 11.1 Å². The molecule has 1 amide bonds. The highest BCUT2D eigenvalue weighted by Crippen LogP contribution is 2.40. The van der Waals surface area contributed by atoms with E-state index in [0.29, 0.717) is 36.1 Å². The summed E-state index contributed by atoms with van der Waals surface area (Å²) < 4.78 is 17.1. The third-order valence-electron chi connectivity index (χ3n) is 4.67. The zero-order valence-electron chi connectivity index (χ0n) is 15.7. The van der Waals surface area contributed by atoms with E-state index in [1.54, 1.807) is 30.8 Å². The summed E-state index contributed by atoms with van der Waals surface area (Å²) in [5.74, 6) is 2.06. The number of para-hydroxylation sites is 1. The van der Waals surface area contributed by atoms with Gasteiger partial charge in [0.2, 0.25) is 0 Å². The average Bonchev–Trinajstić information content (AvgIpc) is 3.19. The number of aromatic nitrogens is 1. The maximum Gasteiger partial charge on any atom is 0.265 e. The van der Waals surface area contributed by atoms with E-state index in [1.165, 1.54) is 11.3 Å². The highest BCUT2D eigenvalue weighted by Gasteiger charge is 2.25. The molecule has 0 radical (unpaired) electrons. The van der Waals surface area contributed by atoms with Crippen molar-refractivity contribution in [3.63, 3.8) is 0 Å². The molecule has 2 heterocycles. The van der Waals surface area contributed by atoms with E-state index in [-0.39, 0.29) is 5.91 Å². The van der Waals surface area contributed by atoms with E-state index >= 15 is 0 Å². The van der Waals surface area contributed by atoms with Crippen LogP contribution in [-0.2, 0) is 6.54 Å². The molecule has 0 fully saturated rings. The van der Waals surface area contributed by atoms with Crippen molar-refractivity contribution in [2.24, 2.45) is 0 Å². The lowest BCUT2D eigenvalue weighted by molar-refractivity contribution is 0.0737. The molecule has 0 aliphatic carbocycles. The first-order valence-electron chi connectivity index (χ1n) is 8.86. The molecule has 0 saturated carbocycles. The molecule has 1 aromatic heterocycles. The smallest absolute Gasteiger partial charge is 0.265 e. The summed E-state index contributed by atoms with van der Waals surface area (Å²) in [6.45, 7) is 1.34. The topological polar surface area (TPSA) is 60.9 Å². The third kappa shape index (κ3) is 3.41. The summed E-state index contributed by atoms with van der Waals surface area (Å²) in [5.41, 5.74) is 4.47. The second-order valence-corrected chi connectivity index (χ2v) is 7.19. The Morgan fingerprint density at radius 3 is 2.75 bits per heavy atom. The monoisotopic (exact) mass is 396 g/mol. The lowest BCUT2D eigenvalue weighted by Gasteiger charge is -2.19. The standard InChI is InChI=1S/C21H20N2O4S/c1-25-17-6-4-3-5-16(17)14-9-15-12-23(21(24)19-11-22-13-28-19)7-8-27-20(15)18(10-14)26-2/h3-6,9-11,13H,7-8,12H2,1-2H3. The van der Waals surface area contributed by atoms with Crippen LogP contribution >= 0.6 is 11.3 Å². The molecular weight excluding hydrogens is 376 g/mol. The zero-order chi connectivity index (χ0) is 19.5. The Kier molecular flexibility index (Phi) is 5.16. The van der Waals surface area contributed by atoms with Gasteiger partial charge in [-0.1, -0.05) is 18.2 Å². The molecule has 0 saturated heterocycles. The van der Waals surface area contributed by atoms with Crippen LogP contribution in [0.2, 0.25) is 0 Å². The number of ether oxygens (including phenoxy) is 3. The third-order valence-corrected chi connectivity index (χ3v) is 5.43. The molecule has 2 aromatic carbocycles. The number of benzene rings is 2. The van der Waals surface area contributed by atoms with E-state index in [9.17, 15) is 4.79 Å². The quantitative estimate of drug-likeness (QED) is 0.670. The molecule has 0 unspecified atom stereocenters. The first-order chi connectivity index (χ1) is 13.7. The predicted molar refractivity (Wildman–Crippen MR) is 107 cm³/mol. The summed E-state index contributed by atoms with van der Waals surface area (Å²) in [4.78, 5) is 19.2. The van der Waals surface area contributed by atoms with Gasteiger partial charge < -0.3 is 19.1 Å². The number of fused-ring (bicyclic) bond motifs is 1. The molecule has 6 nitrogen and oxygen atoms in total. The highest BCUT2D eigenvalue weighted by molar-refractivity contribution is 7.11. The van der Waals surface area contributed by atoms with Crippen LogP contribution in [0, 0.1) is 0 Å². The van der Waals surface area contributed by atoms with Gasteiger partial charge in [0.05, 0.1) is 32.5 Å². The Morgan fingerprint density at radius 2 is 2.00 bits per heavy atom. The Labute approximate surface area is 167 Å². The Hall–Kier alpha value is -3.06. The van der Waals surface area contributed by atoms with Crippen LogP contribution < -0.4 is 14.2 Å². The van der Waals surface area contributed by atoms with E-state index in [0.717, 1.165) is 22.4 Å². The normalized spacial score (nSPS) is 13.3. The molecule has 1 aliphatic rings. The largest absolute Gasteiger partial charge is 0.496 e. The van der Waals surface area contributed by atoms with Gasteiger partial charge >= 0.3 is 0 Å². The lowest BCUT2D eigenvalue weighted by Crippen LogP contribution is -2.31. The summed E-state index contributed by atoms with van der Waals surface area (Å²) in [5, 5.41) is 0. The molecule has 0 atom stereocenters. The molecule has 0 spiro atoms. The van der Waals surface area contributed by atoms with Crippen molar-refractivity contribution in [1.82, 2.24) is 9.88 Å². The van der Waals surface area contributed by atoms with Gasteiger partial charge in [-0.3, -0.25) is 9.78 Å². The number of methoxy groups -OCH3 is 2. The van der Waals surface area contributed by atoms with Crippen LogP contribution in [-0.4, -0.2) is 43.2 Å². The molecule has 1 aliphatic heterocycles.